The van der Waals surface area contributed by atoms with E-state index in [0.717, 1.165) is 25.8 Å². The fourth-order valence-electron chi connectivity index (χ4n) is 3.77. The van der Waals surface area contributed by atoms with E-state index in [1.54, 1.807) is 0 Å². The van der Waals surface area contributed by atoms with Crippen molar-refractivity contribution < 1.29 is 8.78 Å². The summed E-state index contributed by atoms with van der Waals surface area (Å²) in [6.45, 7) is 7.31. The van der Waals surface area contributed by atoms with Gasteiger partial charge in [0.05, 0.1) is 0 Å². The van der Waals surface area contributed by atoms with Crippen molar-refractivity contribution in [1.29, 1.82) is 0 Å². The molecule has 0 radical (unpaired) electrons. The minimum absolute atomic E-state index is 0.0602. The number of halogens is 2. The molecule has 0 heterocycles. The highest BCUT2D eigenvalue weighted by Gasteiger charge is 2.53. The summed E-state index contributed by atoms with van der Waals surface area (Å²) < 4.78 is 27.4. The van der Waals surface area contributed by atoms with Crippen LogP contribution in [0.5, 0.6) is 0 Å². The average Bonchev–Trinajstić information content (AvgIpc) is 2.39. The van der Waals surface area contributed by atoms with Crippen molar-refractivity contribution in [2.75, 3.05) is 6.54 Å². The molecule has 2 atom stereocenters. The van der Waals surface area contributed by atoms with Gasteiger partial charge in [-0.05, 0) is 60.9 Å². The second-order valence-corrected chi connectivity index (χ2v) is 5.50. The van der Waals surface area contributed by atoms with Crippen molar-refractivity contribution in [3.63, 3.8) is 0 Å². The summed E-state index contributed by atoms with van der Waals surface area (Å²) in [6, 6.07) is 4.24. The third-order valence-electron chi connectivity index (χ3n) is 4.96. The molecule has 1 N–H and O–H groups in total. The average molecular weight is 267 g/mol. The monoisotopic (exact) mass is 267 g/mol. The van der Waals surface area contributed by atoms with Crippen molar-refractivity contribution >= 4 is 0 Å². The highest BCUT2D eigenvalue weighted by Crippen LogP contribution is 2.57. The molecule has 0 aliphatic heterocycles. The smallest absolute Gasteiger partial charge is 0.126 e. The molecule has 1 fully saturated rings. The summed E-state index contributed by atoms with van der Waals surface area (Å²) in [5.41, 5.74) is 0.614. The normalized spacial score (nSPS) is 25.1. The van der Waals surface area contributed by atoms with E-state index in [1.807, 2.05) is 0 Å². The molecular weight excluding hydrogens is 244 g/mol. The van der Waals surface area contributed by atoms with Gasteiger partial charge in [0.2, 0.25) is 0 Å². The first-order valence-corrected chi connectivity index (χ1v) is 7.27. The standard InChI is InChI=1S/C16H23F2N/c1-4-16(5-2)13(10-15(16)19-6-3)12-9-11(17)7-8-14(12)18/h7-9,13,15,19H,4-6,10H2,1-3H3. The van der Waals surface area contributed by atoms with E-state index in [9.17, 15) is 8.78 Å². The van der Waals surface area contributed by atoms with Gasteiger partial charge in [0, 0.05) is 6.04 Å². The number of nitrogens with one attached hydrogen (secondary N) is 1. The molecule has 0 spiro atoms. The van der Waals surface area contributed by atoms with Crippen LogP contribution < -0.4 is 5.32 Å². The summed E-state index contributed by atoms with van der Waals surface area (Å²) >= 11 is 0. The van der Waals surface area contributed by atoms with Crippen LogP contribution in [0.15, 0.2) is 18.2 Å². The Morgan fingerprint density at radius 1 is 1.21 bits per heavy atom. The number of hydrogen-bond donors (Lipinski definition) is 1. The van der Waals surface area contributed by atoms with Gasteiger partial charge >= 0.3 is 0 Å². The zero-order valence-corrected chi connectivity index (χ0v) is 12.0. The van der Waals surface area contributed by atoms with Crippen LogP contribution in [0.25, 0.3) is 0 Å². The Morgan fingerprint density at radius 2 is 1.89 bits per heavy atom. The molecule has 1 saturated carbocycles. The van der Waals surface area contributed by atoms with Crippen molar-refractivity contribution in [1.82, 2.24) is 5.32 Å². The maximum Gasteiger partial charge on any atom is 0.126 e. The van der Waals surface area contributed by atoms with Crippen molar-refractivity contribution in [3.05, 3.63) is 35.4 Å². The van der Waals surface area contributed by atoms with Crippen LogP contribution in [-0.4, -0.2) is 12.6 Å². The van der Waals surface area contributed by atoms with Crippen molar-refractivity contribution in [3.8, 4) is 0 Å². The zero-order valence-electron chi connectivity index (χ0n) is 12.0. The lowest BCUT2D eigenvalue weighted by Crippen LogP contribution is -2.58. The van der Waals surface area contributed by atoms with Gasteiger partial charge in [0.15, 0.2) is 0 Å². The Balaban J connectivity index is 2.32. The van der Waals surface area contributed by atoms with Crippen LogP contribution in [-0.2, 0) is 0 Å². The fraction of sp³-hybridized carbons (Fsp3) is 0.625. The minimum atomic E-state index is -0.343. The Bertz CT molecular complexity index is 440. The van der Waals surface area contributed by atoms with Gasteiger partial charge < -0.3 is 5.32 Å². The quantitative estimate of drug-likeness (QED) is 0.841. The first kappa shape index (κ1) is 14.4. The summed E-state index contributed by atoms with van der Waals surface area (Å²) in [5.74, 6) is -0.487. The predicted molar refractivity (Wildman–Crippen MR) is 74.2 cm³/mol. The second-order valence-electron chi connectivity index (χ2n) is 5.50. The first-order valence-electron chi connectivity index (χ1n) is 7.27. The lowest BCUT2D eigenvalue weighted by molar-refractivity contribution is 0.0191. The van der Waals surface area contributed by atoms with Crippen LogP contribution in [0.2, 0.25) is 0 Å². The molecule has 1 aromatic carbocycles. The highest BCUT2D eigenvalue weighted by molar-refractivity contribution is 5.30. The van der Waals surface area contributed by atoms with E-state index in [1.165, 1.54) is 18.2 Å². The van der Waals surface area contributed by atoms with Gasteiger partial charge in [-0.25, -0.2) is 8.78 Å². The maximum absolute atomic E-state index is 14.0. The fourth-order valence-corrected chi connectivity index (χ4v) is 3.77. The van der Waals surface area contributed by atoms with E-state index in [2.05, 4.69) is 26.1 Å². The summed E-state index contributed by atoms with van der Waals surface area (Å²) in [4.78, 5) is 0. The molecule has 106 valence electrons. The van der Waals surface area contributed by atoms with E-state index in [-0.39, 0.29) is 23.0 Å². The largest absolute Gasteiger partial charge is 0.314 e. The molecule has 19 heavy (non-hydrogen) atoms. The van der Waals surface area contributed by atoms with Gasteiger partial charge in [-0.3, -0.25) is 0 Å². The number of rotatable bonds is 5. The summed E-state index contributed by atoms with van der Waals surface area (Å²) in [5, 5.41) is 3.49. The molecule has 3 heteroatoms. The van der Waals surface area contributed by atoms with E-state index < -0.39 is 0 Å². The van der Waals surface area contributed by atoms with Crippen LogP contribution in [0.1, 0.15) is 51.5 Å². The third kappa shape index (κ3) is 2.29. The maximum atomic E-state index is 14.0. The Labute approximate surface area is 114 Å². The van der Waals surface area contributed by atoms with Crippen LogP contribution in [0, 0.1) is 17.0 Å². The molecule has 2 unspecified atom stereocenters. The van der Waals surface area contributed by atoms with Gasteiger partial charge in [-0.15, -0.1) is 0 Å². The molecular formula is C16H23F2N. The first-order chi connectivity index (χ1) is 9.08. The molecule has 0 saturated heterocycles. The predicted octanol–water partition coefficient (Wildman–Crippen LogP) is 4.24. The molecule has 1 nitrogen and oxygen atoms in total. The molecule has 0 aromatic heterocycles. The van der Waals surface area contributed by atoms with Gasteiger partial charge in [0.1, 0.15) is 11.6 Å². The molecule has 0 bridgehead atoms. The highest BCUT2D eigenvalue weighted by atomic mass is 19.1. The molecule has 1 aromatic rings. The molecule has 1 aliphatic carbocycles. The summed E-state index contributed by atoms with van der Waals surface area (Å²) in [6.07, 6.45) is 2.87. The summed E-state index contributed by atoms with van der Waals surface area (Å²) in [7, 11) is 0. The minimum Gasteiger partial charge on any atom is -0.314 e. The van der Waals surface area contributed by atoms with Gasteiger partial charge in [-0.2, -0.15) is 0 Å². The van der Waals surface area contributed by atoms with Crippen molar-refractivity contribution in [2.45, 2.75) is 52.0 Å². The van der Waals surface area contributed by atoms with E-state index in [4.69, 9.17) is 0 Å². The second kappa shape index (κ2) is 5.58. The van der Waals surface area contributed by atoms with E-state index in [0.29, 0.717) is 11.6 Å². The molecule has 1 aliphatic rings. The molecule has 2 rings (SSSR count). The SMILES string of the molecule is CCNC1CC(c2cc(F)ccc2F)C1(CC)CC. The van der Waals surface area contributed by atoms with E-state index >= 15 is 0 Å². The Hall–Kier alpha value is -0.960. The number of hydrogen-bond acceptors (Lipinski definition) is 1. The van der Waals surface area contributed by atoms with Crippen molar-refractivity contribution in [2.24, 2.45) is 5.41 Å². The topological polar surface area (TPSA) is 12.0 Å². The van der Waals surface area contributed by atoms with Gasteiger partial charge in [-0.1, -0.05) is 20.8 Å². The lowest BCUT2D eigenvalue weighted by atomic mass is 9.51. The van der Waals surface area contributed by atoms with Crippen LogP contribution in [0.3, 0.4) is 0 Å². The Morgan fingerprint density at radius 3 is 2.47 bits per heavy atom. The Kier molecular flexibility index (Phi) is 4.24. The lowest BCUT2D eigenvalue weighted by Gasteiger charge is -2.56. The van der Waals surface area contributed by atoms with Gasteiger partial charge in [0.25, 0.3) is 0 Å². The van der Waals surface area contributed by atoms with Crippen LogP contribution in [0.4, 0.5) is 8.78 Å². The molecule has 0 amide bonds. The third-order valence-corrected chi connectivity index (χ3v) is 4.96. The number of benzene rings is 1. The zero-order chi connectivity index (χ0) is 14.0. The van der Waals surface area contributed by atoms with Crippen LogP contribution >= 0.6 is 0 Å².